The molecule has 0 saturated heterocycles. The summed E-state index contributed by atoms with van der Waals surface area (Å²) in [6.45, 7) is 2.66. The van der Waals surface area contributed by atoms with Gasteiger partial charge in [-0.25, -0.2) is 0 Å². The lowest BCUT2D eigenvalue weighted by atomic mass is 10.2. The number of aromatic nitrogens is 1. The van der Waals surface area contributed by atoms with Crippen molar-refractivity contribution in [3.8, 4) is 5.75 Å². The summed E-state index contributed by atoms with van der Waals surface area (Å²) in [5.41, 5.74) is 8.06. The first-order valence-electron chi connectivity index (χ1n) is 6.08. The summed E-state index contributed by atoms with van der Waals surface area (Å²) >= 11 is 1.71. The molecule has 1 unspecified atom stereocenters. The minimum atomic E-state index is 0.142. The van der Waals surface area contributed by atoms with Crippen molar-refractivity contribution in [1.82, 2.24) is 4.98 Å². The first-order chi connectivity index (χ1) is 8.74. The molecule has 0 aliphatic rings. The van der Waals surface area contributed by atoms with Crippen LogP contribution in [0.25, 0.3) is 0 Å². The maximum Gasteiger partial charge on any atom is 0.137 e. The lowest BCUT2D eigenvalue weighted by Crippen LogP contribution is -2.18. The number of nitrogens with two attached hydrogens (primary N) is 1. The van der Waals surface area contributed by atoms with Crippen LogP contribution < -0.4 is 10.5 Å². The molecule has 2 heterocycles. The fourth-order valence-electron chi connectivity index (χ4n) is 1.67. The molecule has 4 heteroatoms. The van der Waals surface area contributed by atoms with Crippen LogP contribution in [0.1, 0.15) is 18.2 Å². The molecule has 2 aromatic heterocycles. The van der Waals surface area contributed by atoms with Gasteiger partial charge in [-0.2, -0.15) is 11.3 Å². The molecule has 2 rings (SSSR count). The third-order valence-corrected chi connectivity index (χ3v) is 3.30. The van der Waals surface area contributed by atoms with E-state index in [4.69, 9.17) is 10.5 Å². The largest absolute Gasteiger partial charge is 0.492 e. The van der Waals surface area contributed by atoms with E-state index in [0.717, 1.165) is 24.3 Å². The smallest absolute Gasteiger partial charge is 0.137 e. The minimum Gasteiger partial charge on any atom is -0.492 e. The number of thiophene rings is 1. The molecule has 96 valence electrons. The average Bonchev–Trinajstić information content (AvgIpc) is 2.84. The van der Waals surface area contributed by atoms with E-state index in [1.54, 1.807) is 17.5 Å². The first-order valence-corrected chi connectivity index (χ1v) is 7.02. The van der Waals surface area contributed by atoms with Gasteiger partial charge in [-0.1, -0.05) is 0 Å². The highest BCUT2D eigenvalue weighted by Gasteiger charge is 2.00. The van der Waals surface area contributed by atoms with Gasteiger partial charge in [-0.05, 0) is 41.4 Å². The Balaban J connectivity index is 1.79. The van der Waals surface area contributed by atoms with Crippen LogP contribution >= 0.6 is 11.3 Å². The zero-order chi connectivity index (χ0) is 12.8. The number of hydrogen-bond donors (Lipinski definition) is 1. The van der Waals surface area contributed by atoms with Crippen LogP contribution in [0.3, 0.4) is 0 Å². The highest BCUT2D eigenvalue weighted by atomic mass is 32.1. The predicted molar refractivity (Wildman–Crippen MR) is 75.1 cm³/mol. The maximum absolute atomic E-state index is 5.73. The molecule has 0 amide bonds. The molecule has 3 nitrogen and oxygen atoms in total. The molecule has 0 aromatic carbocycles. The summed E-state index contributed by atoms with van der Waals surface area (Å²) in [6.07, 6.45) is 3.51. The standard InChI is InChI=1S/C14H18N2OS/c1-11(15)8-13-2-3-14(9-16-13)17-6-4-12-5-7-18-10-12/h2-3,5,7,9-11H,4,6,8,15H2,1H3. The average molecular weight is 262 g/mol. The van der Waals surface area contributed by atoms with Crippen molar-refractivity contribution >= 4 is 11.3 Å². The Morgan fingerprint density at radius 1 is 1.39 bits per heavy atom. The van der Waals surface area contributed by atoms with Gasteiger partial charge >= 0.3 is 0 Å². The molecule has 0 bridgehead atoms. The van der Waals surface area contributed by atoms with Crippen molar-refractivity contribution in [2.45, 2.75) is 25.8 Å². The topological polar surface area (TPSA) is 48.1 Å². The van der Waals surface area contributed by atoms with Gasteiger partial charge in [0.1, 0.15) is 5.75 Å². The van der Waals surface area contributed by atoms with Crippen LogP contribution in [-0.4, -0.2) is 17.6 Å². The van der Waals surface area contributed by atoms with Crippen LogP contribution in [0.2, 0.25) is 0 Å². The van der Waals surface area contributed by atoms with Gasteiger partial charge in [0.25, 0.3) is 0 Å². The molecule has 18 heavy (non-hydrogen) atoms. The van der Waals surface area contributed by atoms with Gasteiger partial charge in [0, 0.05) is 24.6 Å². The van der Waals surface area contributed by atoms with Crippen LogP contribution in [0.4, 0.5) is 0 Å². The first kappa shape index (κ1) is 13.1. The van der Waals surface area contributed by atoms with Crippen molar-refractivity contribution in [3.05, 3.63) is 46.4 Å². The Morgan fingerprint density at radius 2 is 2.28 bits per heavy atom. The normalized spacial score (nSPS) is 12.3. The van der Waals surface area contributed by atoms with Crippen LogP contribution in [0.15, 0.2) is 35.2 Å². The Bertz CT molecular complexity index is 451. The van der Waals surface area contributed by atoms with E-state index in [1.807, 2.05) is 19.1 Å². The van der Waals surface area contributed by atoms with Crippen molar-refractivity contribution in [2.24, 2.45) is 5.73 Å². The minimum absolute atomic E-state index is 0.142. The Hall–Kier alpha value is -1.39. The van der Waals surface area contributed by atoms with Gasteiger partial charge in [-0.15, -0.1) is 0 Å². The molecule has 0 radical (unpaired) electrons. The Kier molecular flexibility index (Phi) is 4.73. The van der Waals surface area contributed by atoms with Gasteiger partial charge < -0.3 is 10.5 Å². The summed E-state index contributed by atoms with van der Waals surface area (Å²) in [6, 6.07) is 6.20. The Morgan fingerprint density at radius 3 is 2.89 bits per heavy atom. The van der Waals surface area contributed by atoms with Gasteiger partial charge in [0.05, 0.1) is 12.8 Å². The SMILES string of the molecule is CC(N)Cc1ccc(OCCc2ccsc2)cn1. The lowest BCUT2D eigenvalue weighted by molar-refractivity contribution is 0.320. The van der Waals surface area contributed by atoms with Gasteiger partial charge in [0.2, 0.25) is 0 Å². The third-order valence-electron chi connectivity index (χ3n) is 2.57. The summed E-state index contributed by atoms with van der Waals surface area (Å²) in [5, 5.41) is 4.23. The van der Waals surface area contributed by atoms with Crippen LogP contribution in [0.5, 0.6) is 5.75 Å². The van der Waals surface area contributed by atoms with Gasteiger partial charge in [-0.3, -0.25) is 4.98 Å². The quantitative estimate of drug-likeness (QED) is 0.870. The van der Waals surface area contributed by atoms with Crippen molar-refractivity contribution < 1.29 is 4.74 Å². The fraction of sp³-hybridized carbons (Fsp3) is 0.357. The van der Waals surface area contributed by atoms with E-state index < -0.39 is 0 Å². The maximum atomic E-state index is 5.73. The lowest BCUT2D eigenvalue weighted by Gasteiger charge is -2.07. The number of rotatable bonds is 6. The van der Waals surface area contributed by atoms with Crippen LogP contribution in [0, 0.1) is 0 Å². The molecule has 0 saturated carbocycles. The predicted octanol–water partition coefficient (Wildman–Crippen LogP) is 2.65. The summed E-state index contributed by atoms with van der Waals surface area (Å²) in [4.78, 5) is 4.33. The van der Waals surface area contributed by atoms with Crippen molar-refractivity contribution in [1.29, 1.82) is 0 Å². The summed E-state index contributed by atoms with van der Waals surface area (Å²) in [7, 11) is 0. The number of hydrogen-bond acceptors (Lipinski definition) is 4. The van der Waals surface area contributed by atoms with E-state index in [0.29, 0.717) is 6.61 Å². The molecule has 0 fully saturated rings. The fourth-order valence-corrected chi connectivity index (χ4v) is 2.37. The summed E-state index contributed by atoms with van der Waals surface area (Å²) in [5.74, 6) is 0.818. The second kappa shape index (κ2) is 6.52. The molecule has 2 aromatic rings. The molecular formula is C14H18N2OS. The molecule has 1 atom stereocenters. The van der Waals surface area contributed by atoms with E-state index in [9.17, 15) is 0 Å². The second-order valence-electron chi connectivity index (χ2n) is 4.40. The van der Waals surface area contributed by atoms with Crippen LogP contribution in [-0.2, 0) is 12.8 Å². The molecule has 2 N–H and O–H groups in total. The third kappa shape index (κ3) is 4.13. The van der Waals surface area contributed by atoms with E-state index in [-0.39, 0.29) is 6.04 Å². The summed E-state index contributed by atoms with van der Waals surface area (Å²) < 4.78 is 5.65. The second-order valence-corrected chi connectivity index (χ2v) is 5.18. The van der Waals surface area contributed by atoms with Crippen molar-refractivity contribution in [3.63, 3.8) is 0 Å². The molecule has 0 spiro atoms. The highest BCUT2D eigenvalue weighted by Crippen LogP contribution is 2.12. The van der Waals surface area contributed by atoms with E-state index >= 15 is 0 Å². The number of pyridine rings is 1. The number of ether oxygens (including phenoxy) is 1. The zero-order valence-corrected chi connectivity index (χ0v) is 11.3. The monoisotopic (exact) mass is 262 g/mol. The highest BCUT2D eigenvalue weighted by molar-refractivity contribution is 7.07. The molecular weight excluding hydrogens is 244 g/mol. The van der Waals surface area contributed by atoms with E-state index in [2.05, 4.69) is 21.8 Å². The van der Waals surface area contributed by atoms with Crippen molar-refractivity contribution in [2.75, 3.05) is 6.61 Å². The van der Waals surface area contributed by atoms with E-state index in [1.165, 1.54) is 5.56 Å². The molecule has 0 aliphatic heterocycles. The number of nitrogens with zero attached hydrogens (tertiary/aromatic N) is 1. The zero-order valence-electron chi connectivity index (χ0n) is 10.5. The Labute approximate surface area is 112 Å². The molecule has 0 aliphatic carbocycles. The van der Waals surface area contributed by atoms with Gasteiger partial charge in [0.15, 0.2) is 0 Å².